The Morgan fingerprint density at radius 1 is 1.50 bits per heavy atom. The van der Waals surface area contributed by atoms with E-state index in [1.807, 2.05) is 13.0 Å². The average molecular weight is 309 g/mol. The third kappa shape index (κ3) is 2.52. The van der Waals surface area contributed by atoms with Crippen LogP contribution in [0.2, 0.25) is 5.02 Å². The summed E-state index contributed by atoms with van der Waals surface area (Å²) in [6.07, 6.45) is 3.50. The van der Waals surface area contributed by atoms with Gasteiger partial charge in [0.2, 0.25) is 0 Å². The molecule has 1 aromatic carbocycles. The summed E-state index contributed by atoms with van der Waals surface area (Å²) in [5.74, 6) is 0. The molecule has 0 radical (unpaired) electrons. The van der Waals surface area contributed by atoms with Gasteiger partial charge in [0.1, 0.15) is 0 Å². The number of halogens is 2. The van der Waals surface area contributed by atoms with E-state index in [0.717, 1.165) is 0 Å². The highest BCUT2D eigenvalue weighted by Gasteiger charge is 2.12. The van der Waals surface area contributed by atoms with Gasteiger partial charge in [-0.2, -0.15) is 0 Å². The van der Waals surface area contributed by atoms with Crippen molar-refractivity contribution in [1.29, 1.82) is 0 Å². The van der Waals surface area contributed by atoms with Crippen LogP contribution in [0, 0.1) is 0 Å². The lowest BCUT2D eigenvalue weighted by atomic mass is 10.1. The molecule has 2 rings (SSSR count). The summed E-state index contributed by atoms with van der Waals surface area (Å²) in [6, 6.07) is 5.10. The molecule has 0 saturated heterocycles. The second-order valence-electron chi connectivity index (χ2n) is 4.30. The average Bonchev–Trinajstić information content (AvgIpc) is 2.41. The molecule has 0 aliphatic carbocycles. The van der Waals surface area contributed by atoms with Crippen LogP contribution in [0.3, 0.4) is 0 Å². The fourth-order valence-electron chi connectivity index (χ4n) is 2.12. The zero-order valence-corrected chi connectivity index (χ0v) is 12.5. The Morgan fingerprint density at radius 2 is 2.20 bits per heavy atom. The SMILES string of the molecule is C=C(Cl)/C(=C\C)n1cc(CN)c(=O)c2ccc(Cl)cc21. The van der Waals surface area contributed by atoms with Crippen LogP contribution in [0.5, 0.6) is 0 Å². The van der Waals surface area contributed by atoms with Crippen LogP contribution in [-0.2, 0) is 6.54 Å². The quantitative estimate of drug-likeness (QED) is 0.878. The molecule has 0 atom stereocenters. The summed E-state index contributed by atoms with van der Waals surface area (Å²) < 4.78 is 1.79. The van der Waals surface area contributed by atoms with Gasteiger partial charge in [-0.15, -0.1) is 0 Å². The Labute approximate surface area is 126 Å². The molecule has 0 saturated carbocycles. The largest absolute Gasteiger partial charge is 0.326 e. The Balaban J connectivity index is 2.96. The fraction of sp³-hybridized carbons (Fsp3) is 0.133. The number of nitrogens with two attached hydrogens (primary N) is 1. The van der Waals surface area contributed by atoms with E-state index >= 15 is 0 Å². The van der Waals surface area contributed by atoms with Crippen LogP contribution in [-0.4, -0.2) is 4.57 Å². The van der Waals surface area contributed by atoms with Crippen molar-refractivity contribution in [3.8, 4) is 0 Å². The third-order valence-corrected chi connectivity index (χ3v) is 3.50. The Hall–Kier alpha value is -1.55. The molecule has 0 spiro atoms. The molecule has 0 aliphatic rings. The maximum Gasteiger partial charge on any atom is 0.193 e. The lowest BCUT2D eigenvalue weighted by molar-refractivity contribution is 1.01. The van der Waals surface area contributed by atoms with Gasteiger partial charge >= 0.3 is 0 Å². The standard InChI is InChI=1S/C15H14Cl2N2O/c1-3-13(9(2)16)19-8-10(7-18)15(20)12-5-4-11(17)6-14(12)19/h3-6,8H,2,7,18H2,1H3/b13-3+. The molecule has 5 heteroatoms. The van der Waals surface area contributed by atoms with Gasteiger partial charge in [-0.25, -0.2) is 0 Å². The van der Waals surface area contributed by atoms with Gasteiger partial charge in [0, 0.05) is 28.7 Å². The van der Waals surface area contributed by atoms with E-state index in [2.05, 4.69) is 6.58 Å². The summed E-state index contributed by atoms with van der Waals surface area (Å²) in [5, 5.41) is 1.47. The third-order valence-electron chi connectivity index (χ3n) is 3.07. The molecular weight excluding hydrogens is 295 g/mol. The van der Waals surface area contributed by atoms with Crippen molar-refractivity contribution in [3.05, 3.63) is 62.9 Å². The minimum Gasteiger partial charge on any atom is -0.326 e. The Morgan fingerprint density at radius 3 is 2.75 bits per heavy atom. The molecule has 1 aromatic heterocycles. The minimum absolute atomic E-state index is 0.0916. The van der Waals surface area contributed by atoms with Crippen molar-refractivity contribution in [1.82, 2.24) is 4.57 Å². The van der Waals surface area contributed by atoms with Gasteiger partial charge in [-0.1, -0.05) is 35.9 Å². The molecule has 20 heavy (non-hydrogen) atoms. The zero-order valence-electron chi connectivity index (χ0n) is 11.0. The van der Waals surface area contributed by atoms with E-state index in [1.165, 1.54) is 0 Å². The van der Waals surface area contributed by atoms with Crippen molar-refractivity contribution >= 4 is 39.8 Å². The lowest BCUT2D eigenvalue weighted by Gasteiger charge is -2.15. The van der Waals surface area contributed by atoms with E-state index < -0.39 is 0 Å². The predicted molar refractivity (Wildman–Crippen MR) is 86.0 cm³/mol. The first-order chi connectivity index (χ1) is 9.49. The number of allylic oxidation sites excluding steroid dienone is 3. The van der Waals surface area contributed by atoms with Gasteiger partial charge in [0.25, 0.3) is 0 Å². The van der Waals surface area contributed by atoms with E-state index in [4.69, 9.17) is 28.9 Å². The number of nitrogens with zero attached hydrogens (tertiary/aromatic N) is 1. The molecule has 0 unspecified atom stereocenters. The van der Waals surface area contributed by atoms with E-state index in [0.29, 0.717) is 32.2 Å². The smallest absolute Gasteiger partial charge is 0.193 e. The van der Waals surface area contributed by atoms with Gasteiger partial charge < -0.3 is 10.3 Å². The molecule has 1 heterocycles. The zero-order chi connectivity index (χ0) is 14.9. The summed E-state index contributed by atoms with van der Waals surface area (Å²) in [7, 11) is 0. The second-order valence-corrected chi connectivity index (χ2v) is 5.19. The maximum absolute atomic E-state index is 12.3. The predicted octanol–water partition coefficient (Wildman–Crippen LogP) is 3.73. The molecule has 0 fully saturated rings. The summed E-state index contributed by atoms with van der Waals surface area (Å²) >= 11 is 12.1. The Bertz CT molecular complexity index is 775. The molecule has 104 valence electrons. The van der Waals surface area contributed by atoms with Gasteiger partial charge in [-0.05, 0) is 25.1 Å². The number of hydrogen-bond acceptors (Lipinski definition) is 2. The maximum atomic E-state index is 12.3. The fourth-order valence-corrected chi connectivity index (χ4v) is 2.49. The molecule has 2 aromatic rings. The van der Waals surface area contributed by atoms with Crippen molar-refractivity contribution in [2.75, 3.05) is 0 Å². The number of fused-ring (bicyclic) bond motifs is 1. The highest BCUT2D eigenvalue weighted by Crippen LogP contribution is 2.25. The highest BCUT2D eigenvalue weighted by molar-refractivity contribution is 6.35. The summed E-state index contributed by atoms with van der Waals surface area (Å²) in [6.45, 7) is 5.75. The molecule has 0 bridgehead atoms. The second kappa shape index (κ2) is 5.83. The van der Waals surface area contributed by atoms with Crippen LogP contribution in [0.4, 0.5) is 0 Å². The number of benzene rings is 1. The molecule has 0 aliphatic heterocycles. The van der Waals surface area contributed by atoms with E-state index in [9.17, 15) is 4.79 Å². The van der Waals surface area contributed by atoms with E-state index in [1.54, 1.807) is 29.0 Å². The normalized spacial score (nSPS) is 11.9. The minimum atomic E-state index is -0.0916. The van der Waals surface area contributed by atoms with Crippen molar-refractivity contribution in [2.45, 2.75) is 13.5 Å². The number of pyridine rings is 1. The topological polar surface area (TPSA) is 48.0 Å². The van der Waals surface area contributed by atoms with Gasteiger partial charge in [0.15, 0.2) is 5.43 Å². The van der Waals surface area contributed by atoms with E-state index in [-0.39, 0.29) is 12.0 Å². The number of aromatic nitrogens is 1. The summed E-state index contributed by atoms with van der Waals surface area (Å²) in [4.78, 5) is 12.3. The first-order valence-corrected chi connectivity index (χ1v) is 6.80. The summed E-state index contributed by atoms with van der Waals surface area (Å²) in [5.41, 5.74) is 7.43. The monoisotopic (exact) mass is 308 g/mol. The van der Waals surface area contributed by atoms with Crippen LogP contribution in [0.25, 0.3) is 16.6 Å². The van der Waals surface area contributed by atoms with Crippen LogP contribution in [0.1, 0.15) is 12.5 Å². The van der Waals surface area contributed by atoms with Crippen LogP contribution in [0.15, 0.2) is 46.9 Å². The van der Waals surface area contributed by atoms with Gasteiger partial charge in [-0.3, -0.25) is 4.79 Å². The van der Waals surface area contributed by atoms with Crippen LogP contribution < -0.4 is 11.2 Å². The first kappa shape index (κ1) is 14.9. The Kier molecular flexibility index (Phi) is 4.33. The van der Waals surface area contributed by atoms with Crippen molar-refractivity contribution in [2.24, 2.45) is 5.73 Å². The van der Waals surface area contributed by atoms with Crippen LogP contribution >= 0.6 is 23.2 Å². The molecule has 3 nitrogen and oxygen atoms in total. The molecule has 0 amide bonds. The highest BCUT2D eigenvalue weighted by atomic mass is 35.5. The van der Waals surface area contributed by atoms with Crippen molar-refractivity contribution in [3.63, 3.8) is 0 Å². The first-order valence-electron chi connectivity index (χ1n) is 6.05. The number of rotatable bonds is 3. The number of hydrogen-bond donors (Lipinski definition) is 1. The molecule has 2 N–H and O–H groups in total. The molecular formula is C15H14Cl2N2O. The van der Waals surface area contributed by atoms with Gasteiger partial charge in [0.05, 0.1) is 16.2 Å². The lowest BCUT2D eigenvalue weighted by Crippen LogP contribution is -2.17. The van der Waals surface area contributed by atoms with Crippen molar-refractivity contribution < 1.29 is 0 Å².